The van der Waals surface area contributed by atoms with Crippen LogP contribution in [0.25, 0.3) is 0 Å². The summed E-state index contributed by atoms with van der Waals surface area (Å²) >= 11 is 0. The van der Waals surface area contributed by atoms with E-state index in [-0.39, 0.29) is 12.3 Å². The minimum Gasteiger partial charge on any atom is -0.508 e. The fourth-order valence-electron chi connectivity index (χ4n) is 4.28. The smallest absolute Gasteiger partial charge is 0.408 e. The van der Waals surface area contributed by atoms with E-state index in [1.807, 2.05) is 0 Å². The highest BCUT2D eigenvalue weighted by Crippen LogP contribution is 2.27. The Labute approximate surface area is 243 Å². The van der Waals surface area contributed by atoms with Crippen LogP contribution >= 0.6 is 0 Å². The van der Waals surface area contributed by atoms with Crippen LogP contribution in [0.15, 0.2) is 48.5 Å². The van der Waals surface area contributed by atoms with Gasteiger partial charge in [0, 0.05) is 12.2 Å². The van der Waals surface area contributed by atoms with Gasteiger partial charge in [0.2, 0.25) is 5.91 Å². The van der Waals surface area contributed by atoms with Crippen molar-refractivity contribution in [2.45, 2.75) is 83.9 Å². The van der Waals surface area contributed by atoms with E-state index in [0.29, 0.717) is 23.4 Å². The molecule has 0 saturated heterocycles. The molecule has 3 amide bonds. The van der Waals surface area contributed by atoms with Gasteiger partial charge in [-0.2, -0.15) is 0 Å². The number of phenolic OH excluding ortho intramolecular Hbond substituents is 1. The molecule has 0 aliphatic rings. The van der Waals surface area contributed by atoms with Crippen molar-refractivity contribution in [2.24, 2.45) is 0 Å². The zero-order valence-electron chi connectivity index (χ0n) is 24.8. The zero-order valence-corrected chi connectivity index (χ0v) is 24.8. The maximum atomic E-state index is 13.9. The molecule has 0 radical (unpaired) electrons. The average molecular weight is 572 g/mol. The van der Waals surface area contributed by atoms with Crippen molar-refractivity contribution in [3.8, 4) is 11.5 Å². The second kappa shape index (κ2) is 16.5. The molecule has 2 atom stereocenters. The quantitative estimate of drug-likeness (QED) is 0.217. The SMILES string of the molecule is CCCCCCCCN(C(=O)C(CO)NC(=O)OC(C)(C)C)C(C(=O)Nc1ccc(OC)cc1)c1ccc(O)cc1. The molecule has 226 valence electrons. The van der Waals surface area contributed by atoms with Crippen LogP contribution in [-0.4, -0.2) is 64.9 Å². The lowest BCUT2D eigenvalue weighted by Crippen LogP contribution is -2.54. The summed E-state index contributed by atoms with van der Waals surface area (Å²) in [5.41, 5.74) is 0.150. The van der Waals surface area contributed by atoms with Gasteiger partial charge in [0.25, 0.3) is 5.91 Å². The number of amides is 3. The fraction of sp³-hybridized carbons (Fsp3) is 0.516. The van der Waals surface area contributed by atoms with E-state index in [9.17, 15) is 24.6 Å². The summed E-state index contributed by atoms with van der Waals surface area (Å²) in [5.74, 6) is -0.488. The first kappa shape index (κ1) is 33.4. The van der Waals surface area contributed by atoms with E-state index in [1.165, 1.54) is 17.0 Å². The summed E-state index contributed by atoms with van der Waals surface area (Å²) in [6, 6.07) is 10.4. The molecular weight excluding hydrogens is 526 g/mol. The lowest BCUT2D eigenvalue weighted by Gasteiger charge is -2.34. The molecule has 2 rings (SSSR count). The summed E-state index contributed by atoms with van der Waals surface area (Å²) in [4.78, 5) is 41.6. The minimum atomic E-state index is -1.33. The third-order valence-electron chi connectivity index (χ3n) is 6.33. The summed E-state index contributed by atoms with van der Waals surface area (Å²) < 4.78 is 10.5. The maximum absolute atomic E-state index is 13.9. The molecule has 0 aliphatic carbocycles. The first-order chi connectivity index (χ1) is 19.5. The normalized spacial score (nSPS) is 12.6. The second-order valence-electron chi connectivity index (χ2n) is 10.9. The summed E-state index contributed by atoms with van der Waals surface area (Å²) in [5, 5.41) is 25.3. The number of aromatic hydroxyl groups is 1. The molecule has 0 heterocycles. The topological polar surface area (TPSA) is 137 Å². The number of anilines is 1. The number of aliphatic hydroxyl groups excluding tert-OH is 1. The van der Waals surface area contributed by atoms with Crippen LogP contribution in [0.4, 0.5) is 10.5 Å². The van der Waals surface area contributed by atoms with Crippen LogP contribution in [0.5, 0.6) is 11.5 Å². The number of unbranched alkanes of at least 4 members (excludes halogenated alkanes) is 5. The molecule has 41 heavy (non-hydrogen) atoms. The Hall–Kier alpha value is -3.79. The average Bonchev–Trinajstić information content (AvgIpc) is 2.92. The number of carbonyl (C=O) groups excluding carboxylic acids is 3. The lowest BCUT2D eigenvalue weighted by atomic mass is 10.0. The summed E-state index contributed by atoms with van der Waals surface area (Å²) in [7, 11) is 1.54. The van der Waals surface area contributed by atoms with E-state index < -0.39 is 42.2 Å². The fourth-order valence-corrected chi connectivity index (χ4v) is 4.28. The van der Waals surface area contributed by atoms with Gasteiger partial charge in [-0.3, -0.25) is 9.59 Å². The summed E-state index contributed by atoms with van der Waals surface area (Å²) in [6.07, 6.45) is 4.89. The minimum absolute atomic E-state index is 0.0108. The largest absolute Gasteiger partial charge is 0.508 e. The molecule has 0 aromatic heterocycles. The van der Waals surface area contributed by atoms with Gasteiger partial charge in [-0.25, -0.2) is 4.79 Å². The number of methoxy groups -OCH3 is 1. The van der Waals surface area contributed by atoms with Crippen LogP contribution in [0.2, 0.25) is 0 Å². The number of alkyl carbamates (subject to hydrolysis) is 1. The van der Waals surface area contributed by atoms with E-state index in [1.54, 1.807) is 64.3 Å². The van der Waals surface area contributed by atoms with Crippen molar-refractivity contribution < 1.29 is 34.1 Å². The molecule has 4 N–H and O–H groups in total. The Balaban J connectivity index is 2.42. The van der Waals surface area contributed by atoms with Gasteiger partial charge in [0.05, 0.1) is 13.7 Å². The van der Waals surface area contributed by atoms with E-state index in [4.69, 9.17) is 9.47 Å². The van der Waals surface area contributed by atoms with Gasteiger partial charge in [0.1, 0.15) is 29.2 Å². The molecule has 0 bridgehead atoms. The molecule has 0 aliphatic heterocycles. The van der Waals surface area contributed by atoms with Crippen LogP contribution in [0, 0.1) is 0 Å². The lowest BCUT2D eigenvalue weighted by molar-refractivity contribution is -0.141. The molecule has 0 saturated carbocycles. The van der Waals surface area contributed by atoms with Gasteiger partial charge in [-0.1, -0.05) is 51.2 Å². The zero-order chi connectivity index (χ0) is 30.4. The third kappa shape index (κ3) is 11.3. The molecule has 0 fully saturated rings. The van der Waals surface area contributed by atoms with Crippen LogP contribution in [-0.2, 0) is 14.3 Å². The number of rotatable bonds is 15. The Morgan fingerprint density at radius 3 is 2.10 bits per heavy atom. The predicted octanol–water partition coefficient (Wildman–Crippen LogP) is 5.16. The molecule has 0 spiro atoms. The Morgan fingerprint density at radius 2 is 1.54 bits per heavy atom. The Morgan fingerprint density at radius 1 is 0.927 bits per heavy atom. The highest BCUT2D eigenvalue weighted by Gasteiger charge is 2.36. The van der Waals surface area contributed by atoms with Crippen LogP contribution in [0.3, 0.4) is 0 Å². The molecule has 2 unspecified atom stereocenters. The van der Waals surface area contributed by atoms with E-state index in [2.05, 4.69) is 17.6 Å². The molecule has 2 aromatic rings. The van der Waals surface area contributed by atoms with E-state index >= 15 is 0 Å². The van der Waals surface area contributed by atoms with Gasteiger partial charge in [0.15, 0.2) is 0 Å². The van der Waals surface area contributed by atoms with Crippen molar-refractivity contribution in [3.05, 3.63) is 54.1 Å². The molecule has 10 nitrogen and oxygen atoms in total. The number of aliphatic hydroxyl groups is 1. The van der Waals surface area contributed by atoms with Crippen molar-refractivity contribution in [3.63, 3.8) is 0 Å². The van der Waals surface area contributed by atoms with Crippen LogP contribution < -0.4 is 15.4 Å². The number of hydrogen-bond donors (Lipinski definition) is 4. The van der Waals surface area contributed by atoms with Gasteiger partial charge >= 0.3 is 6.09 Å². The van der Waals surface area contributed by atoms with Gasteiger partial charge < -0.3 is 35.2 Å². The van der Waals surface area contributed by atoms with Crippen molar-refractivity contribution in [1.82, 2.24) is 10.2 Å². The first-order valence-corrected chi connectivity index (χ1v) is 14.1. The van der Waals surface area contributed by atoms with Crippen molar-refractivity contribution in [2.75, 3.05) is 25.6 Å². The first-order valence-electron chi connectivity index (χ1n) is 14.1. The summed E-state index contributed by atoms with van der Waals surface area (Å²) in [6.45, 7) is 6.73. The number of ether oxygens (including phenoxy) is 2. The second-order valence-corrected chi connectivity index (χ2v) is 10.9. The highest BCUT2D eigenvalue weighted by molar-refractivity contribution is 5.99. The third-order valence-corrected chi connectivity index (χ3v) is 6.33. The number of hydrogen-bond acceptors (Lipinski definition) is 7. The number of benzene rings is 2. The van der Waals surface area contributed by atoms with Gasteiger partial charge in [-0.05, 0) is 69.2 Å². The Bertz CT molecular complexity index is 1100. The monoisotopic (exact) mass is 571 g/mol. The highest BCUT2D eigenvalue weighted by atomic mass is 16.6. The number of phenols is 1. The molecular formula is C31H45N3O7. The Kier molecular flexibility index (Phi) is 13.4. The number of nitrogens with zero attached hydrogens (tertiary/aromatic N) is 1. The number of nitrogens with one attached hydrogen (secondary N) is 2. The van der Waals surface area contributed by atoms with Crippen molar-refractivity contribution >= 4 is 23.6 Å². The molecule has 2 aromatic carbocycles. The standard InChI is InChI=1S/C31H45N3O7/c1-6-7-8-9-10-11-20-34(29(38)26(21-35)33-30(39)41-31(2,3)4)27(22-12-16-24(36)17-13-22)28(37)32-23-14-18-25(40-5)19-15-23/h12-19,26-27,35-36H,6-11,20-21H2,1-5H3,(H,32,37)(H,33,39). The predicted molar refractivity (Wildman–Crippen MR) is 158 cm³/mol. The van der Waals surface area contributed by atoms with Crippen LogP contribution in [0.1, 0.15) is 77.8 Å². The number of carbonyl (C=O) groups is 3. The van der Waals surface area contributed by atoms with Crippen molar-refractivity contribution in [1.29, 1.82) is 0 Å². The molecule has 10 heteroatoms. The van der Waals surface area contributed by atoms with Gasteiger partial charge in [-0.15, -0.1) is 0 Å². The van der Waals surface area contributed by atoms with E-state index in [0.717, 1.165) is 32.1 Å². The maximum Gasteiger partial charge on any atom is 0.408 e.